The highest BCUT2D eigenvalue weighted by Gasteiger charge is 2.10. The Bertz CT molecular complexity index is 502. The molecule has 3 heteroatoms. The average molecular weight is 271 g/mol. The van der Waals surface area contributed by atoms with E-state index in [1.807, 2.05) is 55.5 Å². The molecule has 0 unspecified atom stereocenters. The summed E-state index contributed by atoms with van der Waals surface area (Å²) in [5, 5.41) is 0. The summed E-state index contributed by atoms with van der Waals surface area (Å²) in [6, 6.07) is 16.1. The van der Waals surface area contributed by atoms with Crippen molar-refractivity contribution < 1.29 is 9.47 Å². The van der Waals surface area contributed by atoms with E-state index in [-0.39, 0.29) is 0 Å². The van der Waals surface area contributed by atoms with Gasteiger partial charge < -0.3 is 15.2 Å². The van der Waals surface area contributed by atoms with Crippen LogP contribution in [-0.2, 0) is 13.0 Å². The highest BCUT2D eigenvalue weighted by Crippen LogP contribution is 2.32. The van der Waals surface area contributed by atoms with Crippen LogP contribution in [0.25, 0.3) is 0 Å². The second kappa shape index (κ2) is 7.56. The molecule has 0 aliphatic carbocycles. The summed E-state index contributed by atoms with van der Waals surface area (Å²) < 4.78 is 11.6. The summed E-state index contributed by atoms with van der Waals surface area (Å²) >= 11 is 0. The molecule has 2 rings (SSSR count). The minimum Gasteiger partial charge on any atom is -0.490 e. The normalized spacial score (nSPS) is 10.3. The fourth-order valence-electron chi connectivity index (χ4n) is 2.08. The summed E-state index contributed by atoms with van der Waals surface area (Å²) in [5.41, 5.74) is 7.89. The molecule has 0 atom stereocenters. The van der Waals surface area contributed by atoms with Crippen molar-refractivity contribution in [3.05, 3.63) is 59.7 Å². The SMILES string of the molecule is CCOc1cccc(CCN)c1OCc1ccccc1. The lowest BCUT2D eigenvalue weighted by molar-refractivity contribution is 0.266. The van der Waals surface area contributed by atoms with E-state index in [4.69, 9.17) is 15.2 Å². The molecule has 0 radical (unpaired) electrons. The van der Waals surface area contributed by atoms with Gasteiger partial charge in [0.2, 0.25) is 0 Å². The predicted octanol–water partition coefficient (Wildman–Crippen LogP) is 3.17. The molecule has 2 aromatic rings. The summed E-state index contributed by atoms with van der Waals surface area (Å²) in [7, 11) is 0. The Labute approximate surface area is 120 Å². The number of ether oxygens (including phenoxy) is 2. The molecule has 0 amide bonds. The summed E-state index contributed by atoms with van der Waals surface area (Å²) in [6.45, 7) is 3.71. The minimum atomic E-state index is 0.530. The third-order valence-electron chi connectivity index (χ3n) is 3.00. The van der Waals surface area contributed by atoms with Crippen LogP contribution in [-0.4, -0.2) is 13.2 Å². The molecule has 0 saturated carbocycles. The molecular weight excluding hydrogens is 250 g/mol. The van der Waals surface area contributed by atoms with Crippen molar-refractivity contribution in [3.63, 3.8) is 0 Å². The number of rotatable bonds is 7. The van der Waals surface area contributed by atoms with Crippen molar-refractivity contribution in [1.29, 1.82) is 0 Å². The molecule has 0 spiro atoms. The first-order chi connectivity index (χ1) is 9.85. The van der Waals surface area contributed by atoms with Crippen LogP contribution in [0.15, 0.2) is 48.5 Å². The van der Waals surface area contributed by atoms with Gasteiger partial charge in [-0.3, -0.25) is 0 Å². The Morgan fingerprint density at radius 3 is 2.45 bits per heavy atom. The van der Waals surface area contributed by atoms with Crippen molar-refractivity contribution in [1.82, 2.24) is 0 Å². The molecular formula is C17H21NO2. The first kappa shape index (κ1) is 14.4. The summed E-state index contributed by atoms with van der Waals surface area (Å²) in [5.74, 6) is 1.60. The molecule has 0 aromatic heterocycles. The highest BCUT2D eigenvalue weighted by molar-refractivity contribution is 5.47. The van der Waals surface area contributed by atoms with E-state index in [0.29, 0.717) is 19.8 Å². The van der Waals surface area contributed by atoms with Crippen LogP contribution < -0.4 is 15.2 Å². The second-order valence-electron chi connectivity index (χ2n) is 4.49. The lowest BCUT2D eigenvalue weighted by Crippen LogP contribution is -2.07. The predicted molar refractivity (Wildman–Crippen MR) is 81.1 cm³/mol. The largest absolute Gasteiger partial charge is 0.490 e. The Morgan fingerprint density at radius 1 is 0.950 bits per heavy atom. The molecule has 3 nitrogen and oxygen atoms in total. The van der Waals surface area contributed by atoms with E-state index in [9.17, 15) is 0 Å². The van der Waals surface area contributed by atoms with Crippen molar-refractivity contribution in [3.8, 4) is 11.5 Å². The number of hydrogen-bond acceptors (Lipinski definition) is 3. The van der Waals surface area contributed by atoms with Crippen LogP contribution in [0, 0.1) is 0 Å². The van der Waals surface area contributed by atoms with Crippen LogP contribution in [0.2, 0.25) is 0 Å². The molecule has 0 heterocycles. The zero-order chi connectivity index (χ0) is 14.2. The molecule has 0 fully saturated rings. The molecule has 2 aromatic carbocycles. The monoisotopic (exact) mass is 271 g/mol. The molecule has 0 bridgehead atoms. The number of para-hydroxylation sites is 1. The summed E-state index contributed by atoms with van der Waals surface area (Å²) in [4.78, 5) is 0. The summed E-state index contributed by atoms with van der Waals surface area (Å²) in [6.07, 6.45) is 0.783. The van der Waals surface area contributed by atoms with Gasteiger partial charge in [0.25, 0.3) is 0 Å². The molecule has 106 valence electrons. The lowest BCUT2D eigenvalue weighted by atomic mass is 10.1. The van der Waals surface area contributed by atoms with Gasteiger partial charge in [0.15, 0.2) is 11.5 Å². The van der Waals surface area contributed by atoms with Crippen LogP contribution in [0.3, 0.4) is 0 Å². The van der Waals surface area contributed by atoms with Crippen molar-refractivity contribution in [2.45, 2.75) is 20.0 Å². The average Bonchev–Trinajstić information content (AvgIpc) is 2.48. The van der Waals surface area contributed by atoms with E-state index in [0.717, 1.165) is 29.0 Å². The number of nitrogens with two attached hydrogens (primary N) is 1. The van der Waals surface area contributed by atoms with Gasteiger partial charge in [-0.05, 0) is 37.1 Å². The van der Waals surface area contributed by atoms with Gasteiger partial charge >= 0.3 is 0 Å². The third kappa shape index (κ3) is 3.75. The quantitative estimate of drug-likeness (QED) is 0.841. The van der Waals surface area contributed by atoms with E-state index in [2.05, 4.69) is 0 Å². The standard InChI is InChI=1S/C17H21NO2/c1-2-19-16-10-6-9-15(11-12-18)17(16)20-13-14-7-4-3-5-8-14/h3-10H,2,11-13,18H2,1H3. The molecule has 0 saturated heterocycles. The maximum atomic E-state index is 5.98. The van der Waals surface area contributed by atoms with Crippen molar-refractivity contribution in [2.75, 3.05) is 13.2 Å². The lowest BCUT2D eigenvalue weighted by Gasteiger charge is -2.15. The fourth-order valence-corrected chi connectivity index (χ4v) is 2.08. The van der Waals surface area contributed by atoms with Crippen LogP contribution >= 0.6 is 0 Å². The maximum absolute atomic E-state index is 5.98. The van der Waals surface area contributed by atoms with Gasteiger partial charge in [0.1, 0.15) is 6.61 Å². The van der Waals surface area contributed by atoms with E-state index in [1.54, 1.807) is 0 Å². The third-order valence-corrected chi connectivity index (χ3v) is 3.00. The zero-order valence-electron chi connectivity index (χ0n) is 11.8. The van der Waals surface area contributed by atoms with Gasteiger partial charge in [0, 0.05) is 0 Å². The van der Waals surface area contributed by atoms with Crippen LogP contribution in [0.5, 0.6) is 11.5 Å². The highest BCUT2D eigenvalue weighted by atomic mass is 16.5. The first-order valence-corrected chi connectivity index (χ1v) is 6.96. The van der Waals surface area contributed by atoms with E-state index >= 15 is 0 Å². The van der Waals surface area contributed by atoms with Crippen molar-refractivity contribution >= 4 is 0 Å². The Morgan fingerprint density at radius 2 is 1.75 bits per heavy atom. The molecule has 2 N–H and O–H groups in total. The Hall–Kier alpha value is -2.00. The number of hydrogen-bond donors (Lipinski definition) is 1. The van der Waals surface area contributed by atoms with E-state index < -0.39 is 0 Å². The fraction of sp³-hybridized carbons (Fsp3) is 0.294. The molecule has 20 heavy (non-hydrogen) atoms. The Kier molecular flexibility index (Phi) is 5.44. The van der Waals surface area contributed by atoms with Crippen LogP contribution in [0.1, 0.15) is 18.1 Å². The zero-order valence-corrected chi connectivity index (χ0v) is 11.8. The number of benzene rings is 2. The Balaban J connectivity index is 2.18. The van der Waals surface area contributed by atoms with Gasteiger partial charge in [0.05, 0.1) is 6.61 Å². The van der Waals surface area contributed by atoms with Gasteiger partial charge in [-0.15, -0.1) is 0 Å². The van der Waals surface area contributed by atoms with Gasteiger partial charge in [-0.25, -0.2) is 0 Å². The molecule has 0 aliphatic rings. The molecule has 0 aliphatic heterocycles. The first-order valence-electron chi connectivity index (χ1n) is 6.96. The minimum absolute atomic E-state index is 0.530. The maximum Gasteiger partial charge on any atom is 0.164 e. The van der Waals surface area contributed by atoms with Crippen molar-refractivity contribution in [2.24, 2.45) is 5.73 Å². The van der Waals surface area contributed by atoms with Crippen LogP contribution in [0.4, 0.5) is 0 Å². The smallest absolute Gasteiger partial charge is 0.164 e. The topological polar surface area (TPSA) is 44.5 Å². The van der Waals surface area contributed by atoms with Gasteiger partial charge in [-0.2, -0.15) is 0 Å². The van der Waals surface area contributed by atoms with E-state index in [1.165, 1.54) is 0 Å². The van der Waals surface area contributed by atoms with Gasteiger partial charge in [-0.1, -0.05) is 42.5 Å². The second-order valence-corrected chi connectivity index (χ2v) is 4.49.